The minimum Gasteiger partial charge on any atom is -0.497 e. The lowest BCUT2D eigenvalue weighted by Gasteiger charge is -2.15. The number of carbonyl (C=O) groups excluding carboxylic acids is 1. The van der Waals surface area contributed by atoms with Crippen LogP contribution in [0.15, 0.2) is 105 Å². The molecule has 6 rings (SSSR count). The molecule has 0 spiro atoms. The summed E-state index contributed by atoms with van der Waals surface area (Å²) in [6.07, 6.45) is 6.47. The van der Waals surface area contributed by atoms with E-state index in [1.165, 1.54) is 37.8 Å². The van der Waals surface area contributed by atoms with Crippen LogP contribution >= 0.6 is 15.9 Å². The fraction of sp³-hybridized carbons (Fsp3) is 0.250. The zero-order chi connectivity index (χ0) is 34.5. The summed E-state index contributed by atoms with van der Waals surface area (Å²) in [5.41, 5.74) is 5.29. The molecule has 12 heteroatoms. The van der Waals surface area contributed by atoms with Gasteiger partial charge in [0.2, 0.25) is 20.0 Å². The molecule has 2 N–H and O–H groups in total. The SMILES string of the molecule is COc1ccc(S(=O)(=O)NC2CCc3cc(/C=C/C(C)=O)ccc32)cc1.COc1ccc(S(=O)(=O)NC2CCc3cc(Br)ccc32)cc1. The zero-order valence-electron chi connectivity index (χ0n) is 26.8. The highest BCUT2D eigenvalue weighted by Gasteiger charge is 2.29. The quantitative estimate of drug-likeness (QED) is 0.173. The second-order valence-corrected chi connectivity index (χ2v) is 15.9. The Morgan fingerprint density at radius 2 is 1.17 bits per heavy atom. The number of allylic oxidation sites excluding steroid dienone is 1. The molecule has 2 aliphatic rings. The normalized spacial score (nSPS) is 16.9. The van der Waals surface area contributed by atoms with Crippen LogP contribution in [0.25, 0.3) is 6.08 Å². The molecule has 0 fully saturated rings. The number of halogens is 1. The van der Waals surface area contributed by atoms with Gasteiger partial charge in [0, 0.05) is 16.6 Å². The number of nitrogens with one attached hydrogen (secondary N) is 2. The first-order valence-corrected chi connectivity index (χ1v) is 19.1. The van der Waals surface area contributed by atoms with Crippen molar-refractivity contribution in [2.24, 2.45) is 0 Å². The monoisotopic (exact) mass is 752 g/mol. The summed E-state index contributed by atoms with van der Waals surface area (Å²) in [5.74, 6) is 1.24. The van der Waals surface area contributed by atoms with Crippen molar-refractivity contribution in [3.05, 3.63) is 123 Å². The zero-order valence-corrected chi connectivity index (χ0v) is 30.0. The van der Waals surface area contributed by atoms with Crippen LogP contribution in [0.2, 0.25) is 0 Å². The van der Waals surface area contributed by atoms with Crippen molar-refractivity contribution >= 4 is 47.8 Å². The standard InChI is InChI=1S/C20H21NO4S.C16H16BrNO3S/c1-14(22)3-4-15-5-11-19-16(13-15)6-12-20(19)21-26(23,24)18-9-7-17(25-2)8-10-18;1-21-13-4-6-14(7-5-13)22(19,20)18-16-9-2-11-10-12(17)3-8-15(11)16/h3-5,7-11,13,20-21H,6,12H2,1-2H3;3-8,10,16,18H,2,9H2,1H3/b4-3+;. The van der Waals surface area contributed by atoms with E-state index in [9.17, 15) is 21.6 Å². The van der Waals surface area contributed by atoms with Gasteiger partial charge >= 0.3 is 0 Å². The number of carbonyl (C=O) groups is 1. The minimum absolute atomic E-state index is 0.00405. The number of fused-ring (bicyclic) bond motifs is 2. The number of benzene rings is 4. The Labute approximate surface area is 290 Å². The Hall–Kier alpha value is -3.81. The molecule has 4 aromatic rings. The molecule has 4 aromatic carbocycles. The maximum Gasteiger partial charge on any atom is 0.241 e. The van der Waals surface area contributed by atoms with Crippen molar-refractivity contribution in [3.63, 3.8) is 0 Å². The first-order valence-electron chi connectivity index (χ1n) is 15.3. The van der Waals surface area contributed by atoms with Crippen LogP contribution in [-0.2, 0) is 37.7 Å². The average Bonchev–Trinajstić information content (AvgIpc) is 3.66. The second-order valence-electron chi connectivity index (χ2n) is 11.5. The fourth-order valence-corrected chi connectivity index (χ4v) is 8.71. The first-order chi connectivity index (χ1) is 22.9. The van der Waals surface area contributed by atoms with Crippen LogP contribution in [0.3, 0.4) is 0 Å². The molecular weight excluding hydrogens is 716 g/mol. The molecule has 0 amide bonds. The Morgan fingerprint density at radius 1 is 0.708 bits per heavy atom. The van der Waals surface area contributed by atoms with Crippen LogP contribution in [0.1, 0.15) is 59.7 Å². The Kier molecular flexibility index (Phi) is 11.2. The summed E-state index contributed by atoms with van der Waals surface area (Å²) in [4.78, 5) is 11.5. The van der Waals surface area contributed by atoms with Crippen molar-refractivity contribution in [3.8, 4) is 11.5 Å². The highest BCUT2D eigenvalue weighted by atomic mass is 79.9. The largest absolute Gasteiger partial charge is 0.497 e. The predicted molar refractivity (Wildman–Crippen MR) is 189 cm³/mol. The fourth-order valence-electron chi connectivity index (χ4n) is 5.81. The summed E-state index contributed by atoms with van der Waals surface area (Å²) in [6.45, 7) is 1.51. The van der Waals surface area contributed by atoms with Gasteiger partial charge in [0.05, 0.1) is 24.0 Å². The average molecular weight is 754 g/mol. The lowest BCUT2D eigenvalue weighted by Crippen LogP contribution is -2.27. The molecule has 0 radical (unpaired) electrons. The smallest absolute Gasteiger partial charge is 0.241 e. The molecule has 0 saturated carbocycles. The van der Waals surface area contributed by atoms with E-state index >= 15 is 0 Å². The molecule has 0 bridgehead atoms. The number of methoxy groups -OCH3 is 2. The van der Waals surface area contributed by atoms with E-state index in [2.05, 4.69) is 31.4 Å². The first kappa shape index (κ1) is 35.5. The van der Waals surface area contributed by atoms with Crippen molar-refractivity contribution in [2.45, 2.75) is 54.5 Å². The van der Waals surface area contributed by atoms with Crippen molar-refractivity contribution < 1.29 is 31.1 Å². The van der Waals surface area contributed by atoms with E-state index < -0.39 is 20.0 Å². The summed E-state index contributed by atoms with van der Waals surface area (Å²) < 4.78 is 67.0. The molecule has 48 heavy (non-hydrogen) atoms. The number of ketones is 1. The molecule has 2 unspecified atom stereocenters. The topological polar surface area (TPSA) is 128 Å². The van der Waals surface area contributed by atoms with Gasteiger partial charge < -0.3 is 9.47 Å². The number of aryl methyl sites for hydroxylation is 2. The molecule has 0 aromatic heterocycles. The van der Waals surface area contributed by atoms with Gasteiger partial charge in [-0.1, -0.05) is 46.3 Å². The Balaban J connectivity index is 0.000000190. The summed E-state index contributed by atoms with van der Waals surface area (Å²) in [7, 11) is -4.06. The lowest BCUT2D eigenvalue weighted by molar-refractivity contribution is -0.112. The van der Waals surface area contributed by atoms with Crippen LogP contribution in [0.4, 0.5) is 0 Å². The number of rotatable bonds is 10. The third-order valence-electron chi connectivity index (χ3n) is 8.27. The second kappa shape index (κ2) is 15.2. The van der Waals surface area contributed by atoms with E-state index in [1.54, 1.807) is 49.6 Å². The van der Waals surface area contributed by atoms with Gasteiger partial charge in [-0.15, -0.1) is 0 Å². The predicted octanol–water partition coefficient (Wildman–Crippen LogP) is 6.69. The lowest BCUT2D eigenvalue weighted by atomic mass is 10.0. The summed E-state index contributed by atoms with van der Waals surface area (Å²) in [6, 6.07) is 24.1. The van der Waals surface area contributed by atoms with E-state index in [1.807, 2.05) is 30.3 Å². The molecular formula is C36H37BrN2O7S2. The van der Waals surface area contributed by atoms with Gasteiger partial charge in [-0.25, -0.2) is 26.3 Å². The highest BCUT2D eigenvalue weighted by Crippen LogP contribution is 2.35. The molecule has 0 aliphatic heterocycles. The third-order valence-corrected chi connectivity index (χ3v) is 11.7. The van der Waals surface area contributed by atoms with Gasteiger partial charge in [0.1, 0.15) is 11.5 Å². The van der Waals surface area contributed by atoms with E-state index in [4.69, 9.17) is 9.47 Å². The molecule has 2 atom stereocenters. The van der Waals surface area contributed by atoms with Crippen molar-refractivity contribution in [1.82, 2.24) is 9.44 Å². The van der Waals surface area contributed by atoms with Crippen LogP contribution in [-0.4, -0.2) is 36.8 Å². The Bertz CT molecular complexity index is 2030. The van der Waals surface area contributed by atoms with Gasteiger partial charge in [-0.05, 0) is 127 Å². The van der Waals surface area contributed by atoms with E-state index in [0.717, 1.165) is 46.0 Å². The number of ether oxygens (including phenoxy) is 2. The molecule has 252 valence electrons. The highest BCUT2D eigenvalue weighted by molar-refractivity contribution is 9.10. The maximum atomic E-state index is 12.6. The Morgan fingerprint density at radius 3 is 1.62 bits per heavy atom. The molecule has 2 aliphatic carbocycles. The van der Waals surface area contributed by atoms with Crippen molar-refractivity contribution in [2.75, 3.05) is 14.2 Å². The van der Waals surface area contributed by atoms with Gasteiger partial charge in [-0.2, -0.15) is 0 Å². The van der Waals surface area contributed by atoms with Crippen LogP contribution in [0.5, 0.6) is 11.5 Å². The minimum atomic E-state index is -3.61. The van der Waals surface area contributed by atoms with E-state index in [-0.39, 0.29) is 27.7 Å². The summed E-state index contributed by atoms with van der Waals surface area (Å²) >= 11 is 3.45. The van der Waals surface area contributed by atoms with Gasteiger partial charge in [0.15, 0.2) is 5.78 Å². The third kappa shape index (κ3) is 8.61. The molecule has 9 nitrogen and oxygen atoms in total. The van der Waals surface area contributed by atoms with Crippen LogP contribution < -0.4 is 18.9 Å². The molecule has 0 saturated heterocycles. The number of hydrogen-bond acceptors (Lipinski definition) is 7. The van der Waals surface area contributed by atoms with E-state index in [0.29, 0.717) is 17.9 Å². The van der Waals surface area contributed by atoms with Crippen LogP contribution in [0, 0.1) is 0 Å². The molecule has 0 heterocycles. The maximum absolute atomic E-state index is 12.6. The number of sulfonamides is 2. The van der Waals surface area contributed by atoms with Gasteiger partial charge in [0.25, 0.3) is 0 Å². The summed E-state index contributed by atoms with van der Waals surface area (Å²) in [5, 5.41) is 0. The number of hydrogen-bond donors (Lipinski definition) is 2. The van der Waals surface area contributed by atoms with Crippen molar-refractivity contribution in [1.29, 1.82) is 0 Å². The van der Waals surface area contributed by atoms with Gasteiger partial charge in [-0.3, -0.25) is 4.79 Å².